The number of unbranched alkanes of at least 4 members (excludes halogenated alkanes) is 1. The van der Waals surface area contributed by atoms with Gasteiger partial charge in [0.1, 0.15) is 6.61 Å². The smallest absolute Gasteiger partial charge is 0.307 e. The highest BCUT2D eigenvalue weighted by Crippen LogP contribution is 2.49. The molecular weight excluding hydrogens is 404 g/mol. The Morgan fingerprint density at radius 1 is 1.26 bits per heavy atom. The van der Waals surface area contributed by atoms with Crippen molar-refractivity contribution in [3.63, 3.8) is 0 Å². The van der Waals surface area contributed by atoms with Crippen molar-refractivity contribution in [2.45, 2.75) is 57.7 Å². The summed E-state index contributed by atoms with van der Waals surface area (Å²) in [5.41, 5.74) is 0.604. The summed E-state index contributed by atoms with van der Waals surface area (Å²) in [6, 6.07) is 0. The molecular formula is C22H30N2O7. The predicted molar refractivity (Wildman–Crippen MR) is 109 cm³/mol. The fourth-order valence-electron chi connectivity index (χ4n) is 5.06. The maximum Gasteiger partial charge on any atom is 0.307 e. The number of hydrogen-bond acceptors (Lipinski definition) is 8. The Bertz CT molecular complexity index is 774. The van der Waals surface area contributed by atoms with Gasteiger partial charge in [-0.05, 0) is 26.2 Å². The SMILES string of the molecule is C#CCCCON=C1C[C@@H](O)[C@@H](O)[C@@H]2[C@@H]3C(=O)N(CCC(=O)OCC)C(=O)[C@@H]3CC[C@@H]12. The van der Waals surface area contributed by atoms with E-state index in [2.05, 4.69) is 11.1 Å². The van der Waals surface area contributed by atoms with E-state index in [1.165, 1.54) is 0 Å². The summed E-state index contributed by atoms with van der Waals surface area (Å²) >= 11 is 0. The Morgan fingerprint density at radius 2 is 2.00 bits per heavy atom. The molecule has 2 N–H and O–H groups in total. The molecule has 0 radical (unpaired) electrons. The summed E-state index contributed by atoms with van der Waals surface area (Å²) in [7, 11) is 0. The minimum absolute atomic E-state index is 0.0429. The summed E-state index contributed by atoms with van der Waals surface area (Å²) in [5.74, 6) is -0.868. The van der Waals surface area contributed by atoms with Gasteiger partial charge in [-0.15, -0.1) is 12.3 Å². The lowest BCUT2D eigenvalue weighted by molar-refractivity contribution is -0.145. The average Bonchev–Trinajstić information content (AvgIpc) is 2.99. The summed E-state index contributed by atoms with van der Waals surface area (Å²) in [4.78, 5) is 44.2. The van der Waals surface area contributed by atoms with Crippen molar-refractivity contribution >= 4 is 23.5 Å². The lowest BCUT2D eigenvalue weighted by atomic mass is 9.60. The predicted octanol–water partition coefficient (Wildman–Crippen LogP) is 0.479. The van der Waals surface area contributed by atoms with E-state index in [1.54, 1.807) is 6.92 Å². The number of carbonyl (C=O) groups excluding carboxylic acids is 3. The average molecular weight is 434 g/mol. The molecule has 3 aliphatic rings. The minimum Gasteiger partial charge on any atom is -0.466 e. The molecule has 6 atom stereocenters. The van der Waals surface area contributed by atoms with Gasteiger partial charge in [0.05, 0.1) is 42.8 Å². The van der Waals surface area contributed by atoms with E-state index in [4.69, 9.17) is 16.0 Å². The van der Waals surface area contributed by atoms with Crippen LogP contribution in [0, 0.1) is 36.0 Å². The van der Waals surface area contributed by atoms with Gasteiger partial charge in [-0.2, -0.15) is 0 Å². The van der Waals surface area contributed by atoms with Crippen molar-refractivity contribution in [2.24, 2.45) is 28.8 Å². The number of fused-ring (bicyclic) bond motifs is 3. The minimum atomic E-state index is -1.14. The van der Waals surface area contributed by atoms with Gasteiger partial charge in [0.25, 0.3) is 0 Å². The molecule has 9 nitrogen and oxygen atoms in total. The second-order valence-corrected chi connectivity index (χ2v) is 8.26. The van der Waals surface area contributed by atoms with Gasteiger partial charge in [0, 0.05) is 31.2 Å². The van der Waals surface area contributed by atoms with Gasteiger partial charge in [-0.1, -0.05) is 5.16 Å². The number of aliphatic hydroxyl groups excluding tert-OH is 2. The molecule has 9 heteroatoms. The Labute approximate surface area is 181 Å². The first-order chi connectivity index (χ1) is 14.9. The lowest BCUT2D eigenvalue weighted by Gasteiger charge is -2.45. The Morgan fingerprint density at radius 3 is 2.71 bits per heavy atom. The van der Waals surface area contributed by atoms with Crippen LogP contribution in [0.15, 0.2) is 5.16 Å². The van der Waals surface area contributed by atoms with Crippen molar-refractivity contribution in [3.05, 3.63) is 0 Å². The first kappa shape index (κ1) is 23.2. The fraction of sp³-hybridized carbons (Fsp3) is 0.727. The van der Waals surface area contributed by atoms with Crippen LogP contribution >= 0.6 is 0 Å². The Balaban J connectivity index is 1.75. The number of oxime groups is 1. The molecule has 3 fully saturated rings. The van der Waals surface area contributed by atoms with Crippen LogP contribution in [-0.2, 0) is 24.0 Å². The lowest BCUT2D eigenvalue weighted by Crippen LogP contribution is -2.54. The number of carbonyl (C=O) groups is 3. The highest BCUT2D eigenvalue weighted by Gasteiger charge is 2.59. The van der Waals surface area contributed by atoms with Gasteiger partial charge >= 0.3 is 5.97 Å². The summed E-state index contributed by atoms with van der Waals surface area (Å²) in [6.45, 7) is 2.22. The highest BCUT2D eigenvalue weighted by atomic mass is 16.6. The molecule has 1 aliphatic heterocycles. The third-order valence-electron chi connectivity index (χ3n) is 6.45. The number of nitrogens with zero attached hydrogens (tertiary/aromatic N) is 2. The molecule has 0 spiro atoms. The van der Waals surface area contributed by atoms with Gasteiger partial charge in [0.2, 0.25) is 11.8 Å². The molecule has 0 bridgehead atoms. The number of hydrogen-bond donors (Lipinski definition) is 2. The second-order valence-electron chi connectivity index (χ2n) is 8.26. The maximum atomic E-state index is 13.1. The van der Waals surface area contributed by atoms with Gasteiger partial charge in [0.15, 0.2) is 0 Å². The van der Waals surface area contributed by atoms with Crippen molar-refractivity contribution < 1.29 is 34.2 Å². The van der Waals surface area contributed by atoms with Crippen LogP contribution in [0.1, 0.15) is 45.4 Å². The van der Waals surface area contributed by atoms with Crippen LogP contribution in [0.4, 0.5) is 0 Å². The normalized spacial score (nSPS) is 33.6. The molecule has 0 unspecified atom stereocenters. The van der Waals surface area contributed by atoms with Crippen LogP contribution in [-0.4, -0.2) is 70.6 Å². The standard InChI is InChI=1S/C22H30N2O7/c1-3-5-6-11-31-23-15-12-16(25)20(27)18-13(15)7-8-14-19(18)22(29)24(21(14)28)10-9-17(26)30-4-2/h1,13-14,16,18-20,25,27H,4-12H2,2H3/t13-,14+,16+,18-,19+,20+/m0/s1. The highest BCUT2D eigenvalue weighted by molar-refractivity contribution is 6.06. The number of esters is 1. The van der Waals surface area contributed by atoms with Crippen molar-refractivity contribution in [2.75, 3.05) is 19.8 Å². The molecule has 1 saturated heterocycles. The number of terminal acetylenes is 1. The molecule has 0 aromatic heterocycles. The molecule has 170 valence electrons. The number of ether oxygens (including phenoxy) is 1. The molecule has 0 aromatic carbocycles. The first-order valence-electron chi connectivity index (χ1n) is 10.9. The Hall–Kier alpha value is -2.44. The third kappa shape index (κ3) is 4.75. The van der Waals surface area contributed by atoms with E-state index in [-0.39, 0.29) is 37.8 Å². The van der Waals surface area contributed by atoms with Crippen molar-refractivity contribution in [1.82, 2.24) is 4.90 Å². The number of likely N-dealkylation sites (tertiary alicyclic amines) is 1. The zero-order valence-electron chi connectivity index (χ0n) is 17.7. The summed E-state index contributed by atoms with van der Waals surface area (Å²) in [6.07, 6.45) is 5.34. The molecule has 2 amide bonds. The van der Waals surface area contributed by atoms with Gasteiger partial charge < -0.3 is 19.8 Å². The van der Waals surface area contributed by atoms with Crippen LogP contribution < -0.4 is 0 Å². The van der Waals surface area contributed by atoms with Crippen molar-refractivity contribution in [1.29, 1.82) is 0 Å². The zero-order chi connectivity index (χ0) is 22.5. The quantitative estimate of drug-likeness (QED) is 0.187. The van der Waals surface area contributed by atoms with Gasteiger partial charge in [-0.25, -0.2) is 0 Å². The number of amides is 2. The maximum absolute atomic E-state index is 13.1. The van der Waals surface area contributed by atoms with E-state index in [0.717, 1.165) is 4.90 Å². The van der Waals surface area contributed by atoms with E-state index in [9.17, 15) is 24.6 Å². The number of aliphatic hydroxyl groups is 2. The van der Waals surface area contributed by atoms with Crippen LogP contribution in [0.3, 0.4) is 0 Å². The molecule has 1 heterocycles. The molecule has 3 rings (SSSR count). The zero-order valence-corrected chi connectivity index (χ0v) is 17.7. The first-order valence-corrected chi connectivity index (χ1v) is 10.9. The number of imide groups is 1. The topological polar surface area (TPSA) is 126 Å². The molecule has 2 aliphatic carbocycles. The Kier molecular flexibility index (Phi) is 7.68. The van der Waals surface area contributed by atoms with E-state index in [1.807, 2.05) is 0 Å². The van der Waals surface area contributed by atoms with Crippen molar-refractivity contribution in [3.8, 4) is 12.3 Å². The van der Waals surface area contributed by atoms with E-state index in [0.29, 0.717) is 38.0 Å². The largest absolute Gasteiger partial charge is 0.466 e. The van der Waals surface area contributed by atoms with Crippen LogP contribution in [0.5, 0.6) is 0 Å². The van der Waals surface area contributed by atoms with Gasteiger partial charge in [-0.3, -0.25) is 19.3 Å². The van der Waals surface area contributed by atoms with Crippen LogP contribution in [0.25, 0.3) is 0 Å². The molecule has 2 saturated carbocycles. The summed E-state index contributed by atoms with van der Waals surface area (Å²) < 4.78 is 4.88. The molecule has 31 heavy (non-hydrogen) atoms. The fourth-order valence-corrected chi connectivity index (χ4v) is 5.06. The van der Waals surface area contributed by atoms with E-state index >= 15 is 0 Å². The van der Waals surface area contributed by atoms with Crippen LogP contribution in [0.2, 0.25) is 0 Å². The second kappa shape index (κ2) is 10.2. The monoisotopic (exact) mass is 434 g/mol. The number of rotatable bonds is 8. The summed E-state index contributed by atoms with van der Waals surface area (Å²) in [5, 5.41) is 25.3. The van der Waals surface area contributed by atoms with E-state index < -0.39 is 41.8 Å². The third-order valence-corrected chi connectivity index (χ3v) is 6.45. The molecule has 0 aromatic rings.